The van der Waals surface area contributed by atoms with Crippen LogP contribution in [0.3, 0.4) is 0 Å². The first-order valence-electron chi connectivity index (χ1n) is 4.99. The molecule has 1 heterocycles. The molecule has 0 bridgehead atoms. The van der Waals surface area contributed by atoms with E-state index in [0.717, 1.165) is 16.9 Å². The summed E-state index contributed by atoms with van der Waals surface area (Å²) in [6, 6.07) is 3.96. The van der Waals surface area contributed by atoms with Crippen LogP contribution in [0.1, 0.15) is 11.1 Å². The first kappa shape index (κ1) is 10.5. The number of ether oxygens (including phenoxy) is 1. The Kier molecular flexibility index (Phi) is 2.56. The van der Waals surface area contributed by atoms with Crippen LogP contribution >= 0.6 is 0 Å². The average molecular weight is 218 g/mol. The summed E-state index contributed by atoms with van der Waals surface area (Å²) in [6.07, 6.45) is 1.49. The lowest BCUT2D eigenvalue weighted by atomic mass is 10.0. The lowest BCUT2D eigenvalue weighted by Gasteiger charge is -2.09. The molecule has 0 fully saturated rings. The number of nitrogens with two attached hydrogens (primary N) is 1. The molecule has 2 rings (SSSR count). The van der Waals surface area contributed by atoms with E-state index < -0.39 is 0 Å². The Morgan fingerprint density at radius 3 is 2.50 bits per heavy atom. The third-order valence-electron chi connectivity index (χ3n) is 2.66. The van der Waals surface area contributed by atoms with Crippen molar-refractivity contribution in [2.24, 2.45) is 0 Å². The summed E-state index contributed by atoms with van der Waals surface area (Å²) in [4.78, 5) is 0. The lowest BCUT2D eigenvalue weighted by molar-refractivity contribution is 0.406. The smallest absolute Gasteiger partial charge is 0.193 e. The van der Waals surface area contributed by atoms with Crippen LogP contribution in [0.15, 0.2) is 22.9 Å². The predicted molar refractivity (Wildman–Crippen MR) is 62.4 cm³/mol. The van der Waals surface area contributed by atoms with E-state index in [1.54, 1.807) is 7.11 Å². The summed E-state index contributed by atoms with van der Waals surface area (Å²) in [5.74, 6) is 1.30. The quantitative estimate of drug-likeness (QED) is 0.841. The molecule has 0 aliphatic rings. The van der Waals surface area contributed by atoms with Gasteiger partial charge in [-0.1, -0.05) is 5.16 Å². The van der Waals surface area contributed by atoms with Gasteiger partial charge in [0, 0.05) is 0 Å². The first-order valence-corrected chi connectivity index (χ1v) is 4.99. The van der Waals surface area contributed by atoms with Crippen molar-refractivity contribution >= 4 is 5.69 Å². The van der Waals surface area contributed by atoms with Gasteiger partial charge >= 0.3 is 0 Å². The summed E-state index contributed by atoms with van der Waals surface area (Å²) >= 11 is 0. The topological polar surface area (TPSA) is 61.3 Å². The standard InChI is InChI=1S/C12H14N2O2/c1-7-4-9(11(15-3)5-8(7)2)12-10(13)6-14-16-12/h4-6H,13H2,1-3H3. The molecule has 0 radical (unpaired) electrons. The number of hydrogen-bond acceptors (Lipinski definition) is 4. The van der Waals surface area contributed by atoms with Gasteiger partial charge in [0.25, 0.3) is 0 Å². The van der Waals surface area contributed by atoms with Crippen molar-refractivity contribution in [3.8, 4) is 17.1 Å². The van der Waals surface area contributed by atoms with Crippen LogP contribution in [0.25, 0.3) is 11.3 Å². The number of nitrogen functional groups attached to an aromatic ring is 1. The second-order valence-electron chi connectivity index (χ2n) is 3.75. The molecule has 0 amide bonds. The van der Waals surface area contributed by atoms with Crippen molar-refractivity contribution in [3.63, 3.8) is 0 Å². The Balaban J connectivity index is 2.64. The number of hydrogen-bond donors (Lipinski definition) is 1. The molecule has 0 unspecified atom stereocenters. The highest BCUT2D eigenvalue weighted by molar-refractivity contribution is 5.76. The fourth-order valence-electron chi connectivity index (χ4n) is 1.59. The van der Waals surface area contributed by atoms with Crippen LogP contribution in [0.5, 0.6) is 5.75 Å². The Morgan fingerprint density at radius 1 is 1.25 bits per heavy atom. The molecule has 0 saturated carbocycles. The van der Waals surface area contributed by atoms with Gasteiger partial charge in [-0.2, -0.15) is 0 Å². The summed E-state index contributed by atoms with van der Waals surface area (Å²) in [6.45, 7) is 4.07. The highest BCUT2D eigenvalue weighted by Gasteiger charge is 2.14. The molecule has 0 spiro atoms. The van der Waals surface area contributed by atoms with Gasteiger partial charge < -0.3 is 15.0 Å². The minimum absolute atomic E-state index is 0.515. The van der Waals surface area contributed by atoms with Crippen LogP contribution in [0.4, 0.5) is 5.69 Å². The van der Waals surface area contributed by atoms with E-state index in [9.17, 15) is 0 Å². The molecule has 4 nitrogen and oxygen atoms in total. The van der Waals surface area contributed by atoms with Crippen LogP contribution in [0, 0.1) is 13.8 Å². The van der Waals surface area contributed by atoms with E-state index >= 15 is 0 Å². The molecule has 1 aromatic heterocycles. The molecule has 0 aliphatic carbocycles. The van der Waals surface area contributed by atoms with Crippen molar-refractivity contribution in [1.29, 1.82) is 0 Å². The van der Waals surface area contributed by atoms with Crippen LogP contribution in [-0.4, -0.2) is 12.3 Å². The third kappa shape index (κ3) is 1.62. The molecule has 84 valence electrons. The van der Waals surface area contributed by atoms with Crippen molar-refractivity contribution in [3.05, 3.63) is 29.5 Å². The molecular weight excluding hydrogens is 204 g/mol. The molecule has 0 saturated heterocycles. The van der Waals surface area contributed by atoms with E-state index in [4.69, 9.17) is 15.0 Å². The largest absolute Gasteiger partial charge is 0.496 e. The number of benzene rings is 1. The predicted octanol–water partition coefficient (Wildman–Crippen LogP) is 2.55. The SMILES string of the molecule is COc1cc(C)c(C)cc1-c1oncc1N. The zero-order valence-electron chi connectivity index (χ0n) is 9.57. The number of nitrogens with zero attached hydrogens (tertiary/aromatic N) is 1. The van der Waals surface area contributed by atoms with Gasteiger partial charge in [0.15, 0.2) is 5.76 Å². The fraction of sp³-hybridized carbons (Fsp3) is 0.250. The van der Waals surface area contributed by atoms with Gasteiger partial charge in [-0.15, -0.1) is 0 Å². The van der Waals surface area contributed by atoms with Gasteiger partial charge in [-0.05, 0) is 37.1 Å². The maximum Gasteiger partial charge on any atom is 0.193 e. The molecule has 0 atom stereocenters. The van der Waals surface area contributed by atoms with Gasteiger partial charge in [0.1, 0.15) is 11.4 Å². The Labute approximate surface area is 94.0 Å². The zero-order chi connectivity index (χ0) is 11.7. The monoisotopic (exact) mass is 218 g/mol. The van der Waals surface area contributed by atoms with Gasteiger partial charge in [-0.3, -0.25) is 0 Å². The first-order chi connectivity index (χ1) is 7.63. The highest BCUT2D eigenvalue weighted by atomic mass is 16.5. The van der Waals surface area contributed by atoms with Crippen LogP contribution < -0.4 is 10.5 Å². The summed E-state index contributed by atoms with van der Waals surface area (Å²) in [5.41, 5.74) is 9.45. The Hall–Kier alpha value is -1.97. The van der Waals surface area contributed by atoms with Crippen molar-refractivity contribution in [2.75, 3.05) is 12.8 Å². The number of anilines is 1. The van der Waals surface area contributed by atoms with Crippen molar-refractivity contribution in [2.45, 2.75) is 13.8 Å². The summed E-state index contributed by atoms with van der Waals surface area (Å²) in [7, 11) is 1.63. The normalized spacial score (nSPS) is 10.4. The van der Waals surface area contributed by atoms with E-state index in [0.29, 0.717) is 11.4 Å². The molecule has 2 aromatic rings. The van der Waals surface area contributed by atoms with E-state index in [-0.39, 0.29) is 0 Å². The van der Waals surface area contributed by atoms with Gasteiger partial charge in [0.2, 0.25) is 0 Å². The minimum Gasteiger partial charge on any atom is -0.496 e. The summed E-state index contributed by atoms with van der Waals surface area (Å²) in [5, 5.41) is 3.67. The molecule has 16 heavy (non-hydrogen) atoms. The van der Waals surface area contributed by atoms with Crippen molar-refractivity contribution < 1.29 is 9.26 Å². The zero-order valence-corrected chi connectivity index (χ0v) is 9.57. The number of aromatic nitrogens is 1. The van der Waals surface area contributed by atoms with Gasteiger partial charge in [0.05, 0.1) is 18.9 Å². The van der Waals surface area contributed by atoms with Crippen molar-refractivity contribution in [1.82, 2.24) is 5.16 Å². The maximum atomic E-state index is 5.77. The Morgan fingerprint density at radius 2 is 1.94 bits per heavy atom. The second-order valence-corrected chi connectivity index (χ2v) is 3.75. The molecule has 2 N–H and O–H groups in total. The Bertz CT molecular complexity index is 518. The highest BCUT2D eigenvalue weighted by Crippen LogP contribution is 2.35. The van der Waals surface area contributed by atoms with Gasteiger partial charge in [-0.25, -0.2) is 0 Å². The van der Waals surface area contributed by atoms with Crippen LogP contribution in [0.2, 0.25) is 0 Å². The maximum absolute atomic E-state index is 5.77. The lowest BCUT2D eigenvalue weighted by Crippen LogP contribution is -1.93. The summed E-state index contributed by atoms with van der Waals surface area (Å²) < 4.78 is 10.4. The second kappa shape index (κ2) is 3.89. The minimum atomic E-state index is 0.515. The molecule has 0 aliphatic heterocycles. The van der Waals surface area contributed by atoms with E-state index in [2.05, 4.69) is 5.16 Å². The third-order valence-corrected chi connectivity index (χ3v) is 2.66. The number of methoxy groups -OCH3 is 1. The number of rotatable bonds is 2. The van der Waals surface area contributed by atoms with Crippen LogP contribution in [-0.2, 0) is 0 Å². The molecule has 4 heteroatoms. The molecule has 1 aromatic carbocycles. The van der Waals surface area contributed by atoms with E-state index in [1.165, 1.54) is 11.8 Å². The van der Waals surface area contributed by atoms with E-state index in [1.807, 2.05) is 26.0 Å². The number of aryl methyl sites for hydroxylation is 2. The average Bonchev–Trinajstić information content (AvgIpc) is 2.68. The fourth-order valence-corrected chi connectivity index (χ4v) is 1.59. The molecular formula is C12H14N2O2.